The van der Waals surface area contributed by atoms with E-state index in [2.05, 4.69) is 11.7 Å². The summed E-state index contributed by atoms with van der Waals surface area (Å²) in [4.78, 5) is 0. The van der Waals surface area contributed by atoms with Crippen LogP contribution >= 0.6 is 0 Å². The van der Waals surface area contributed by atoms with E-state index in [0.29, 0.717) is 6.61 Å². The molecule has 0 heterocycles. The lowest BCUT2D eigenvalue weighted by Crippen LogP contribution is -2.04. The van der Waals surface area contributed by atoms with Gasteiger partial charge in [0, 0.05) is 6.61 Å². The van der Waals surface area contributed by atoms with Gasteiger partial charge in [-0.15, -0.1) is 0 Å². The van der Waals surface area contributed by atoms with Crippen molar-refractivity contribution in [3.63, 3.8) is 0 Å². The number of hydrogen-bond acceptors (Lipinski definition) is 1. The molecule has 0 atom stereocenters. The van der Waals surface area contributed by atoms with Gasteiger partial charge in [-0.2, -0.15) is 0 Å². The maximum absolute atomic E-state index is 11.4. The molecule has 0 rings (SSSR count). The fraction of sp³-hybridized carbons (Fsp3) is 0.857. The molecule has 0 bridgehead atoms. The van der Waals surface area contributed by atoms with Crippen LogP contribution in [0.3, 0.4) is 0 Å². The second-order valence-corrected chi connectivity index (χ2v) is 2.03. The molecule has 61 valence electrons. The molecular weight excluding hydrogens is 138 g/mol. The van der Waals surface area contributed by atoms with Gasteiger partial charge in [0.05, 0.1) is 0 Å². The zero-order valence-electron chi connectivity index (χ0n) is 5.98. The van der Waals surface area contributed by atoms with E-state index in [-0.39, 0.29) is 0 Å². The maximum Gasteiger partial charge on any atom is 0.261 e. The van der Waals surface area contributed by atoms with Crippen molar-refractivity contribution in [2.24, 2.45) is 0 Å². The van der Waals surface area contributed by atoms with Crippen molar-refractivity contribution in [2.45, 2.75) is 25.7 Å². The maximum atomic E-state index is 11.4. The van der Waals surface area contributed by atoms with Gasteiger partial charge in [0.15, 0.2) is 0 Å². The Labute approximate surface area is 60.4 Å². The lowest BCUT2D eigenvalue weighted by Gasteiger charge is -2.00. The van der Waals surface area contributed by atoms with Crippen molar-refractivity contribution in [2.75, 3.05) is 13.2 Å². The number of halogens is 2. The fourth-order valence-corrected chi connectivity index (χ4v) is 0.553. The highest BCUT2D eigenvalue weighted by molar-refractivity contribution is 4.42. The second-order valence-electron chi connectivity index (χ2n) is 2.03. The van der Waals surface area contributed by atoms with E-state index in [1.54, 1.807) is 0 Å². The summed E-state index contributed by atoms with van der Waals surface area (Å²) in [7, 11) is 0. The van der Waals surface area contributed by atoms with E-state index in [1.807, 2.05) is 0 Å². The molecule has 0 aliphatic carbocycles. The number of rotatable bonds is 6. The van der Waals surface area contributed by atoms with Crippen LogP contribution in [0, 0.1) is 6.92 Å². The van der Waals surface area contributed by atoms with E-state index in [9.17, 15) is 8.78 Å². The van der Waals surface area contributed by atoms with Gasteiger partial charge in [0.2, 0.25) is 0 Å². The molecule has 0 fully saturated rings. The molecule has 1 radical (unpaired) electrons. The first-order valence-electron chi connectivity index (χ1n) is 3.42. The number of alkyl halides is 2. The summed E-state index contributed by atoms with van der Waals surface area (Å²) in [6.07, 6.45) is 0.289. The third kappa shape index (κ3) is 7.82. The molecule has 0 aromatic heterocycles. The lowest BCUT2D eigenvalue weighted by molar-refractivity contribution is 0.0163. The van der Waals surface area contributed by atoms with E-state index in [1.165, 1.54) is 0 Å². The molecule has 3 heteroatoms. The zero-order chi connectivity index (χ0) is 7.82. The van der Waals surface area contributed by atoms with Gasteiger partial charge in [0.25, 0.3) is 6.43 Å². The first-order valence-corrected chi connectivity index (χ1v) is 3.42. The first-order chi connectivity index (χ1) is 4.77. The van der Waals surface area contributed by atoms with Crippen LogP contribution in [0.4, 0.5) is 8.78 Å². The standard InChI is InChI=1S/C7H13F2O/c1-2-3-4-5-10-6-7(8)9/h7H,1-6H2. The highest BCUT2D eigenvalue weighted by atomic mass is 19.3. The van der Waals surface area contributed by atoms with Crippen LogP contribution in [0.2, 0.25) is 0 Å². The Morgan fingerprint density at radius 2 is 2.00 bits per heavy atom. The predicted molar refractivity (Wildman–Crippen MR) is 36.0 cm³/mol. The molecule has 0 aliphatic heterocycles. The van der Waals surface area contributed by atoms with Crippen LogP contribution in [0.1, 0.15) is 19.3 Å². The van der Waals surface area contributed by atoms with E-state index in [4.69, 9.17) is 0 Å². The van der Waals surface area contributed by atoms with Crippen molar-refractivity contribution in [1.29, 1.82) is 0 Å². The molecule has 0 amide bonds. The fourth-order valence-electron chi connectivity index (χ4n) is 0.553. The van der Waals surface area contributed by atoms with E-state index >= 15 is 0 Å². The van der Waals surface area contributed by atoms with Crippen LogP contribution in [0.15, 0.2) is 0 Å². The smallest absolute Gasteiger partial charge is 0.261 e. The van der Waals surface area contributed by atoms with Gasteiger partial charge in [-0.25, -0.2) is 8.78 Å². The summed E-state index contributed by atoms with van der Waals surface area (Å²) >= 11 is 0. The Bertz CT molecular complexity index is 66.6. The lowest BCUT2D eigenvalue weighted by atomic mass is 10.3. The Balaban J connectivity index is 2.77. The Morgan fingerprint density at radius 3 is 2.50 bits per heavy atom. The molecule has 0 unspecified atom stereocenters. The van der Waals surface area contributed by atoms with Crippen molar-refractivity contribution < 1.29 is 13.5 Å². The summed E-state index contributed by atoms with van der Waals surface area (Å²) in [6.45, 7) is 3.61. The van der Waals surface area contributed by atoms with Crippen LogP contribution in [0.5, 0.6) is 0 Å². The van der Waals surface area contributed by atoms with Gasteiger partial charge < -0.3 is 4.74 Å². The van der Waals surface area contributed by atoms with Crippen LogP contribution in [-0.2, 0) is 4.74 Å². The average Bonchev–Trinajstić information content (AvgIpc) is 1.87. The number of ether oxygens (including phenoxy) is 1. The summed E-state index contributed by atoms with van der Waals surface area (Å²) in [6, 6.07) is 0. The average molecular weight is 151 g/mol. The highest BCUT2D eigenvalue weighted by Crippen LogP contribution is 1.96. The van der Waals surface area contributed by atoms with Gasteiger partial charge in [-0.05, 0) is 6.42 Å². The molecule has 0 saturated heterocycles. The van der Waals surface area contributed by atoms with E-state index in [0.717, 1.165) is 19.3 Å². The molecule has 10 heavy (non-hydrogen) atoms. The quantitative estimate of drug-likeness (QED) is 0.529. The zero-order valence-corrected chi connectivity index (χ0v) is 5.98. The van der Waals surface area contributed by atoms with Crippen LogP contribution in [0.25, 0.3) is 0 Å². The topological polar surface area (TPSA) is 9.23 Å². The molecule has 0 aliphatic rings. The molecule has 0 spiro atoms. The highest BCUT2D eigenvalue weighted by Gasteiger charge is 1.99. The van der Waals surface area contributed by atoms with Crippen LogP contribution in [-0.4, -0.2) is 19.6 Å². The molecule has 0 aromatic carbocycles. The van der Waals surface area contributed by atoms with Crippen molar-refractivity contribution in [3.05, 3.63) is 6.92 Å². The van der Waals surface area contributed by atoms with Crippen molar-refractivity contribution >= 4 is 0 Å². The summed E-state index contributed by atoms with van der Waals surface area (Å²) < 4.78 is 27.4. The minimum atomic E-state index is -2.33. The minimum Gasteiger partial charge on any atom is -0.376 e. The largest absolute Gasteiger partial charge is 0.376 e. The predicted octanol–water partition coefficient (Wildman–Crippen LogP) is 2.27. The van der Waals surface area contributed by atoms with E-state index < -0.39 is 13.0 Å². The summed E-state index contributed by atoms with van der Waals surface area (Å²) in [5.41, 5.74) is 0. The number of hydrogen-bond donors (Lipinski definition) is 0. The van der Waals surface area contributed by atoms with Crippen molar-refractivity contribution in [3.8, 4) is 0 Å². The Morgan fingerprint density at radius 1 is 1.30 bits per heavy atom. The third-order valence-electron chi connectivity index (χ3n) is 1.03. The minimum absolute atomic E-state index is 0.430. The first kappa shape index (κ1) is 9.82. The molecular formula is C7H13F2O. The Hall–Kier alpha value is -0.180. The molecule has 1 nitrogen and oxygen atoms in total. The van der Waals surface area contributed by atoms with Gasteiger partial charge in [-0.3, -0.25) is 0 Å². The third-order valence-corrected chi connectivity index (χ3v) is 1.03. The number of unbranched alkanes of at least 4 members (excludes halogenated alkanes) is 2. The molecule has 0 saturated carbocycles. The normalized spacial score (nSPS) is 10.8. The second kappa shape index (κ2) is 6.93. The molecule has 0 aromatic rings. The van der Waals surface area contributed by atoms with Gasteiger partial charge in [-0.1, -0.05) is 19.8 Å². The van der Waals surface area contributed by atoms with Crippen molar-refractivity contribution in [1.82, 2.24) is 0 Å². The summed E-state index contributed by atoms with van der Waals surface area (Å²) in [5, 5.41) is 0. The van der Waals surface area contributed by atoms with Gasteiger partial charge >= 0.3 is 0 Å². The SMILES string of the molecule is [CH2]CCCCOCC(F)F. The van der Waals surface area contributed by atoms with Crippen LogP contribution < -0.4 is 0 Å². The monoisotopic (exact) mass is 151 g/mol. The Kier molecular flexibility index (Phi) is 6.81. The van der Waals surface area contributed by atoms with Gasteiger partial charge in [0.1, 0.15) is 6.61 Å². The summed E-state index contributed by atoms with van der Waals surface area (Å²) in [5.74, 6) is 0. The molecule has 0 N–H and O–H groups in total.